The van der Waals surface area contributed by atoms with Crippen LogP contribution in [0.4, 0.5) is 0 Å². The number of ether oxygens (including phenoxy) is 1. The average molecular weight is 241 g/mol. The Bertz CT molecular complexity index is 366. The van der Waals surface area contributed by atoms with Crippen LogP contribution in [0.3, 0.4) is 0 Å². The summed E-state index contributed by atoms with van der Waals surface area (Å²) in [6, 6.07) is -0.273. The van der Waals surface area contributed by atoms with Crippen LogP contribution in [0.1, 0.15) is 58.8 Å². The Morgan fingerprint density at radius 3 is 2.29 bits per heavy atom. The van der Waals surface area contributed by atoms with Gasteiger partial charge in [0.15, 0.2) is 5.82 Å². The lowest BCUT2D eigenvalue weighted by Crippen LogP contribution is -2.29. The van der Waals surface area contributed by atoms with Crippen LogP contribution in [0, 0.1) is 0 Å². The van der Waals surface area contributed by atoms with Crippen molar-refractivity contribution in [3.63, 3.8) is 0 Å². The maximum atomic E-state index is 6.05. The normalized spacial score (nSPS) is 15.0. The molecule has 5 nitrogen and oxygen atoms in total. The van der Waals surface area contributed by atoms with Gasteiger partial charge in [0, 0.05) is 12.5 Å². The minimum absolute atomic E-state index is 0.151. The van der Waals surface area contributed by atoms with Crippen LogP contribution in [0.25, 0.3) is 0 Å². The van der Waals surface area contributed by atoms with E-state index in [1.807, 2.05) is 34.6 Å². The highest BCUT2D eigenvalue weighted by molar-refractivity contribution is 5.01. The number of hydrogen-bond donors (Lipinski definition) is 1. The summed E-state index contributed by atoms with van der Waals surface area (Å²) in [5.41, 5.74) is 5.61. The molecule has 0 aliphatic carbocycles. The van der Waals surface area contributed by atoms with E-state index in [0.717, 1.165) is 0 Å². The number of nitrogens with two attached hydrogens (primary N) is 1. The van der Waals surface area contributed by atoms with Gasteiger partial charge >= 0.3 is 0 Å². The van der Waals surface area contributed by atoms with Crippen molar-refractivity contribution in [1.82, 2.24) is 10.1 Å². The molecule has 0 aliphatic heterocycles. The van der Waals surface area contributed by atoms with Crippen LogP contribution in [0.2, 0.25) is 0 Å². The molecule has 0 aromatic carbocycles. The Kier molecular flexibility index (Phi) is 3.94. The molecular formula is C12H23N3O2. The van der Waals surface area contributed by atoms with Crippen LogP contribution in [-0.2, 0) is 10.2 Å². The van der Waals surface area contributed by atoms with Crippen molar-refractivity contribution in [2.45, 2.75) is 58.1 Å². The maximum absolute atomic E-state index is 6.05. The first-order valence-corrected chi connectivity index (χ1v) is 5.80. The molecule has 1 atom stereocenters. The first-order valence-electron chi connectivity index (χ1n) is 5.80. The summed E-state index contributed by atoms with van der Waals surface area (Å²) in [7, 11) is 1.67. The minimum Gasteiger partial charge on any atom is -0.379 e. The van der Waals surface area contributed by atoms with Crippen molar-refractivity contribution in [3.8, 4) is 0 Å². The van der Waals surface area contributed by atoms with Crippen molar-refractivity contribution in [3.05, 3.63) is 11.7 Å². The first-order chi connectivity index (χ1) is 7.65. The van der Waals surface area contributed by atoms with E-state index in [-0.39, 0.29) is 17.1 Å². The van der Waals surface area contributed by atoms with E-state index in [4.69, 9.17) is 15.0 Å². The summed E-state index contributed by atoms with van der Waals surface area (Å²) in [4.78, 5) is 4.34. The third-order valence-electron chi connectivity index (χ3n) is 2.68. The fourth-order valence-electron chi connectivity index (χ4n) is 1.39. The Balaban J connectivity index is 2.77. The molecule has 1 aromatic heterocycles. The first kappa shape index (κ1) is 14.1. The Morgan fingerprint density at radius 2 is 1.88 bits per heavy atom. The average Bonchev–Trinajstić information content (AvgIpc) is 2.65. The second-order valence-corrected chi connectivity index (χ2v) is 5.98. The molecule has 98 valence electrons. The van der Waals surface area contributed by atoms with E-state index in [9.17, 15) is 0 Å². The molecule has 0 radical (unpaired) electrons. The second-order valence-electron chi connectivity index (χ2n) is 5.98. The van der Waals surface area contributed by atoms with Gasteiger partial charge in [-0.1, -0.05) is 25.9 Å². The molecule has 0 bridgehead atoms. The van der Waals surface area contributed by atoms with Gasteiger partial charge in [0.05, 0.1) is 11.6 Å². The number of aromatic nitrogens is 2. The largest absolute Gasteiger partial charge is 0.379 e. The number of hydrogen-bond acceptors (Lipinski definition) is 5. The van der Waals surface area contributed by atoms with E-state index in [1.165, 1.54) is 0 Å². The van der Waals surface area contributed by atoms with Gasteiger partial charge in [0.1, 0.15) is 0 Å². The van der Waals surface area contributed by atoms with E-state index < -0.39 is 0 Å². The van der Waals surface area contributed by atoms with Crippen LogP contribution >= 0.6 is 0 Å². The molecule has 1 rings (SSSR count). The smallest absolute Gasteiger partial charge is 0.232 e. The molecule has 17 heavy (non-hydrogen) atoms. The van der Waals surface area contributed by atoms with Crippen LogP contribution in [-0.4, -0.2) is 22.9 Å². The highest BCUT2D eigenvalue weighted by atomic mass is 16.5. The Hall–Kier alpha value is -0.940. The molecule has 2 N–H and O–H groups in total. The Labute approximate surface area is 103 Å². The summed E-state index contributed by atoms with van der Waals surface area (Å²) >= 11 is 0. The van der Waals surface area contributed by atoms with Crippen molar-refractivity contribution < 1.29 is 9.26 Å². The van der Waals surface area contributed by atoms with Gasteiger partial charge in [-0.3, -0.25) is 0 Å². The van der Waals surface area contributed by atoms with Crippen molar-refractivity contribution in [2.24, 2.45) is 5.73 Å². The number of rotatable bonds is 4. The van der Waals surface area contributed by atoms with E-state index in [2.05, 4.69) is 10.1 Å². The summed E-state index contributed by atoms with van der Waals surface area (Å²) in [5, 5.41) is 3.93. The van der Waals surface area contributed by atoms with Crippen LogP contribution in [0.5, 0.6) is 0 Å². The van der Waals surface area contributed by atoms with Gasteiger partial charge in [-0.2, -0.15) is 4.98 Å². The molecule has 1 unspecified atom stereocenters. The summed E-state index contributed by atoms with van der Waals surface area (Å²) in [6.45, 7) is 10.0. The van der Waals surface area contributed by atoms with Crippen molar-refractivity contribution >= 4 is 0 Å². The van der Waals surface area contributed by atoms with Gasteiger partial charge in [-0.25, -0.2) is 0 Å². The highest BCUT2D eigenvalue weighted by Gasteiger charge is 2.27. The van der Waals surface area contributed by atoms with Gasteiger partial charge in [-0.05, 0) is 20.3 Å². The predicted octanol–water partition coefficient (Wildman–Crippen LogP) is 2.18. The molecule has 1 aromatic rings. The summed E-state index contributed by atoms with van der Waals surface area (Å²) in [6.07, 6.45) is 0.645. The lowest BCUT2D eigenvalue weighted by Gasteiger charge is -2.24. The van der Waals surface area contributed by atoms with Gasteiger partial charge < -0.3 is 15.0 Å². The topological polar surface area (TPSA) is 74.2 Å². The molecule has 0 saturated heterocycles. The number of nitrogens with zero attached hydrogens (tertiary/aromatic N) is 2. The maximum Gasteiger partial charge on any atom is 0.232 e. The standard InChI is InChI=1S/C12H23N3O2/c1-11(2,3)10-14-9(15-17-10)8(13)7-12(4,5)16-6/h8H,7,13H2,1-6H3. The zero-order chi connectivity index (χ0) is 13.3. The monoisotopic (exact) mass is 241 g/mol. The molecule has 0 amide bonds. The predicted molar refractivity (Wildman–Crippen MR) is 65.6 cm³/mol. The van der Waals surface area contributed by atoms with E-state index >= 15 is 0 Å². The fourth-order valence-corrected chi connectivity index (χ4v) is 1.39. The molecular weight excluding hydrogens is 218 g/mol. The minimum atomic E-state index is -0.290. The molecule has 0 aliphatic rings. The Morgan fingerprint density at radius 1 is 1.29 bits per heavy atom. The lowest BCUT2D eigenvalue weighted by atomic mass is 9.96. The van der Waals surface area contributed by atoms with Gasteiger partial charge in [0.25, 0.3) is 0 Å². The van der Waals surface area contributed by atoms with Crippen molar-refractivity contribution in [2.75, 3.05) is 7.11 Å². The molecule has 1 heterocycles. The number of methoxy groups -OCH3 is 1. The molecule has 5 heteroatoms. The fraction of sp³-hybridized carbons (Fsp3) is 0.833. The quantitative estimate of drug-likeness (QED) is 0.874. The molecule has 0 fully saturated rings. The van der Waals surface area contributed by atoms with E-state index in [1.54, 1.807) is 7.11 Å². The zero-order valence-electron chi connectivity index (χ0n) is 11.6. The summed E-state index contributed by atoms with van der Waals surface area (Å²) < 4.78 is 10.6. The van der Waals surface area contributed by atoms with Crippen molar-refractivity contribution in [1.29, 1.82) is 0 Å². The highest BCUT2D eigenvalue weighted by Crippen LogP contribution is 2.25. The zero-order valence-corrected chi connectivity index (χ0v) is 11.6. The third kappa shape index (κ3) is 3.78. The van der Waals surface area contributed by atoms with Crippen LogP contribution < -0.4 is 5.73 Å². The van der Waals surface area contributed by atoms with E-state index in [0.29, 0.717) is 18.1 Å². The second kappa shape index (κ2) is 4.74. The van der Waals surface area contributed by atoms with Gasteiger partial charge in [0.2, 0.25) is 5.89 Å². The summed E-state index contributed by atoms with van der Waals surface area (Å²) in [5.74, 6) is 1.15. The SMILES string of the molecule is COC(C)(C)CC(N)c1noc(C(C)(C)C)n1. The van der Waals surface area contributed by atoms with Crippen LogP contribution in [0.15, 0.2) is 4.52 Å². The molecule has 0 spiro atoms. The van der Waals surface area contributed by atoms with Gasteiger partial charge in [-0.15, -0.1) is 0 Å². The lowest BCUT2D eigenvalue weighted by molar-refractivity contribution is 0.00920. The third-order valence-corrected chi connectivity index (χ3v) is 2.68. The molecule has 0 saturated carbocycles.